The number of rotatable bonds is 4. The molecule has 132 valence electrons. The molecule has 1 atom stereocenters. The minimum Gasteiger partial charge on any atom is -0.497 e. The highest BCUT2D eigenvalue weighted by molar-refractivity contribution is 5.98. The molecule has 3 aromatic rings. The van der Waals surface area contributed by atoms with Gasteiger partial charge in [-0.05, 0) is 60.0 Å². The lowest BCUT2D eigenvalue weighted by atomic mass is 10.1. The summed E-state index contributed by atoms with van der Waals surface area (Å²) in [5, 5.41) is 2.12. The fraction of sp³-hybridized carbons (Fsp3) is 0.227. The molecule has 0 fully saturated rings. The van der Waals surface area contributed by atoms with Gasteiger partial charge >= 0.3 is 0 Å². The molecule has 0 aromatic heterocycles. The first-order chi connectivity index (χ1) is 12.7. The first-order valence-electron chi connectivity index (χ1n) is 8.79. The molecule has 4 heteroatoms. The fourth-order valence-electron chi connectivity index (χ4n) is 3.44. The van der Waals surface area contributed by atoms with Crippen molar-refractivity contribution in [3.8, 4) is 11.5 Å². The third-order valence-electron chi connectivity index (χ3n) is 4.83. The maximum absolute atomic E-state index is 12.9. The number of para-hydroxylation sites is 1. The molecule has 1 heterocycles. The van der Waals surface area contributed by atoms with Crippen molar-refractivity contribution in [2.75, 3.05) is 18.6 Å². The molecule has 0 unspecified atom stereocenters. The van der Waals surface area contributed by atoms with Crippen molar-refractivity contribution in [2.45, 2.75) is 19.4 Å². The Hall–Kier alpha value is -3.01. The summed E-state index contributed by atoms with van der Waals surface area (Å²) < 4.78 is 11.2. The lowest BCUT2D eigenvalue weighted by Gasteiger charge is -2.22. The van der Waals surface area contributed by atoms with E-state index in [1.165, 1.54) is 5.56 Å². The van der Waals surface area contributed by atoms with Crippen LogP contribution in [0.3, 0.4) is 0 Å². The maximum atomic E-state index is 12.9. The highest BCUT2D eigenvalue weighted by Gasteiger charge is 2.28. The third kappa shape index (κ3) is 2.99. The van der Waals surface area contributed by atoms with Crippen LogP contribution in [-0.2, 0) is 11.2 Å². The average Bonchev–Trinajstić information content (AvgIpc) is 3.10. The zero-order valence-corrected chi connectivity index (χ0v) is 14.9. The second-order valence-electron chi connectivity index (χ2n) is 6.50. The van der Waals surface area contributed by atoms with Crippen LogP contribution in [0.1, 0.15) is 12.5 Å². The maximum Gasteiger partial charge on any atom is 0.267 e. The second-order valence-corrected chi connectivity index (χ2v) is 6.50. The van der Waals surface area contributed by atoms with E-state index < -0.39 is 6.10 Å². The van der Waals surface area contributed by atoms with Crippen LogP contribution < -0.4 is 14.4 Å². The summed E-state index contributed by atoms with van der Waals surface area (Å²) in [5.74, 6) is 1.47. The number of fused-ring (bicyclic) bond motifs is 2. The van der Waals surface area contributed by atoms with E-state index in [0.29, 0.717) is 12.3 Å². The molecule has 1 aliphatic rings. The standard InChI is InChI=1S/C22H21NO3/c1-15(22(24)23-12-11-17-5-3-4-6-21(17)23)26-20-10-8-16-7-9-19(25-2)13-18(16)14-20/h3-10,13-15H,11-12H2,1-2H3/t15-/m0/s1. The molecule has 0 saturated carbocycles. The molecule has 0 spiro atoms. The largest absolute Gasteiger partial charge is 0.497 e. The van der Waals surface area contributed by atoms with Gasteiger partial charge in [0.05, 0.1) is 7.11 Å². The average molecular weight is 347 g/mol. The van der Waals surface area contributed by atoms with E-state index in [2.05, 4.69) is 6.07 Å². The van der Waals surface area contributed by atoms with E-state index in [0.717, 1.165) is 28.6 Å². The molecule has 1 amide bonds. The molecular weight excluding hydrogens is 326 g/mol. The number of methoxy groups -OCH3 is 1. The first-order valence-corrected chi connectivity index (χ1v) is 8.79. The monoisotopic (exact) mass is 347 g/mol. The lowest BCUT2D eigenvalue weighted by molar-refractivity contribution is -0.124. The highest BCUT2D eigenvalue weighted by atomic mass is 16.5. The molecule has 0 N–H and O–H groups in total. The number of amides is 1. The molecule has 0 saturated heterocycles. The Morgan fingerprint density at radius 3 is 2.54 bits per heavy atom. The fourth-order valence-corrected chi connectivity index (χ4v) is 3.44. The van der Waals surface area contributed by atoms with Crippen molar-refractivity contribution in [1.29, 1.82) is 0 Å². The van der Waals surface area contributed by atoms with Crippen LogP contribution in [0.4, 0.5) is 5.69 Å². The van der Waals surface area contributed by atoms with Crippen LogP contribution in [0.2, 0.25) is 0 Å². The Balaban J connectivity index is 1.53. The first kappa shape index (κ1) is 16.5. The Morgan fingerprint density at radius 1 is 1.00 bits per heavy atom. The summed E-state index contributed by atoms with van der Waals surface area (Å²) in [5.41, 5.74) is 2.21. The molecule has 1 aliphatic heterocycles. The quantitative estimate of drug-likeness (QED) is 0.710. The number of carbonyl (C=O) groups is 1. The molecular formula is C22H21NO3. The topological polar surface area (TPSA) is 38.8 Å². The molecule has 0 radical (unpaired) electrons. The van der Waals surface area contributed by atoms with Gasteiger partial charge in [0.1, 0.15) is 11.5 Å². The van der Waals surface area contributed by atoms with Gasteiger partial charge in [-0.25, -0.2) is 0 Å². The van der Waals surface area contributed by atoms with Gasteiger partial charge in [-0.15, -0.1) is 0 Å². The van der Waals surface area contributed by atoms with Gasteiger partial charge in [-0.3, -0.25) is 4.79 Å². The number of ether oxygens (including phenoxy) is 2. The van der Waals surface area contributed by atoms with Gasteiger partial charge in [0.15, 0.2) is 6.10 Å². The van der Waals surface area contributed by atoms with Crippen LogP contribution in [0.25, 0.3) is 10.8 Å². The zero-order chi connectivity index (χ0) is 18.1. The predicted molar refractivity (Wildman–Crippen MR) is 103 cm³/mol. The second kappa shape index (κ2) is 6.71. The number of anilines is 1. The van der Waals surface area contributed by atoms with Crippen LogP contribution in [0.15, 0.2) is 60.7 Å². The van der Waals surface area contributed by atoms with Gasteiger partial charge < -0.3 is 14.4 Å². The summed E-state index contributed by atoms with van der Waals surface area (Å²) in [7, 11) is 1.65. The third-order valence-corrected chi connectivity index (χ3v) is 4.83. The van der Waals surface area contributed by atoms with Crippen LogP contribution in [0.5, 0.6) is 11.5 Å². The van der Waals surface area contributed by atoms with Gasteiger partial charge in [0.2, 0.25) is 0 Å². The van der Waals surface area contributed by atoms with E-state index in [9.17, 15) is 4.79 Å². The molecule has 3 aromatic carbocycles. The number of nitrogens with zero attached hydrogens (tertiary/aromatic N) is 1. The lowest BCUT2D eigenvalue weighted by Crippen LogP contribution is -2.39. The summed E-state index contributed by atoms with van der Waals surface area (Å²) in [6, 6.07) is 19.8. The summed E-state index contributed by atoms with van der Waals surface area (Å²) in [4.78, 5) is 14.7. The van der Waals surface area contributed by atoms with Crippen LogP contribution in [0, 0.1) is 0 Å². The minimum absolute atomic E-state index is 0.0133. The molecule has 4 nitrogen and oxygen atoms in total. The normalized spacial score (nSPS) is 14.2. The number of hydrogen-bond acceptors (Lipinski definition) is 3. The van der Waals surface area contributed by atoms with E-state index in [1.54, 1.807) is 14.0 Å². The summed E-state index contributed by atoms with van der Waals surface area (Å²) in [6.07, 6.45) is 0.342. The van der Waals surface area contributed by atoms with E-state index in [1.807, 2.05) is 59.5 Å². The van der Waals surface area contributed by atoms with Gasteiger partial charge in [-0.1, -0.05) is 30.3 Å². The van der Waals surface area contributed by atoms with Crippen LogP contribution >= 0.6 is 0 Å². The van der Waals surface area contributed by atoms with E-state index in [4.69, 9.17) is 9.47 Å². The molecule has 0 bridgehead atoms. The smallest absolute Gasteiger partial charge is 0.267 e. The Bertz CT molecular complexity index is 967. The molecule has 4 rings (SSSR count). The van der Waals surface area contributed by atoms with Gasteiger partial charge in [-0.2, -0.15) is 0 Å². The van der Waals surface area contributed by atoms with Gasteiger partial charge in [0, 0.05) is 12.2 Å². The van der Waals surface area contributed by atoms with Crippen molar-refractivity contribution in [2.24, 2.45) is 0 Å². The molecule has 26 heavy (non-hydrogen) atoms. The summed E-state index contributed by atoms with van der Waals surface area (Å²) in [6.45, 7) is 2.51. The van der Waals surface area contributed by atoms with Crippen molar-refractivity contribution < 1.29 is 14.3 Å². The van der Waals surface area contributed by atoms with Crippen molar-refractivity contribution in [1.82, 2.24) is 0 Å². The Morgan fingerprint density at radius 2 is 1.73 bits per heavy atom. The minimum atomic E-state index is -0.552. The molecule has 0 aliphatic carbocycles. The van der Waals surface area contributed by atoms with E-state index >= 15 is 0 Å². The zero-order valence-electron chi connectivity index (χ0n) is 14.9. The number of hydrogen-bond donors (Lipinski definition) is 0. The van der Waals surface area contributed by atoms with Crippen LogP contribution in [-0.4, -0.2) is 25.7 Å². The predicted octanol–water partition coefficient (Wildman–Crippen LogP) is 4.21. The number of carbonyl (C=O) groups excluding carboxylic acids is 1. The Labute approximate surface area is 153 Å². The van der Waals surface area contributed by atoms with Crippen molar-refractivity contribution in [3.63, 3.8) is 0 Å². The Kier molecular flexibility index (Phi) is 4.25. The highest BCUT2D eigenvalue weighted by Crippen LogP contribution is 2.29. The number of benzene rings is 3. The SMILES string of the molecule is COc1ccc2ccc(O[C@@H](C)C(=O)N3CCc4ccccc43)cc2c1. The summed E-state index contributed by atoms with van der Waals surface area (Å²) >= 11 is 0. The van der Waals surface area contributed by atoms with E-state index in [-0.39, 0.29) is 5.91 Å². The van der Waals surface area contributed by atoms with Gasteiger partial charge in [0.25, 0.3) is 5.91 Å². The van der Waals surface area contributed by atoms with Crippen molar-refractivity contribution >= 4 is 22.4 Å². The van der Waals surface area contributed by atoms with Crippen molar-refractivity contribution in [3.05, 3.63) is 66.2 Å².